The molecule has 0 unspecified atom stereocenters. The summed E-state index contributed by atoms with van der Waals surface area (Å²) >= 11 is 0. The molecule has 2 spiro atoms. The number of hydrogen-bond donors (Lipinski definition) is 3. The number of benzene rings is 1. The summed E-state index contributed by atoms with van der Waals surface area (Å²) in [5.41, 5.74) is 2.47. The minimum atomic E-state index is -3.78. The zero-order chi connectivity index (χ0) is 39.8. The monoisotopic (exact) mass is 848 g/mol. The van der Waals surface area contributed by atoms with Gasteiger partial charge in [-0.2, -0.15) is 0 Å². The minimum Gasteiger partial charge on any atom is -0.870 e. The number of fused-ring (bicyclic) bond motifs is 2. The van der Waals surface area contributed by atoms with Crippen LogP contribution in [0, 0.1) is 17.8 Å². The third-order valence-corrected chi connectivity index (χ3v) is 18.1. The normalized spacial score (nSPS) is 26.2. The van der Waals surface area contributed by atoms with Crippen molar-refractivity contribution in [3.05, 3.63) is 67.0 Å². The van der Waals surface area contributed by atoms with Gasteiger partial charge in [0.2, 0.25) is 20.0 Å². The maximum atomic E-state index is 13.2. The summed E-state index contributed by atoms with van der Waals surface area (Å²) < 4.78 is 80.1. The van der Waals surface area contributed by atoms with Crippen molar-refractivity contribution in [1.82, 2.24) is 38.3 Å². The van der Waals surface area contributed by atoms with Crippen LogP contribution in [0.15, 0.2) is 66.3 Å². The van der Waals surface area contributed by atoms with Gasteiger partial charge < -0.3 is 20.3 Å². The molecule has 4 aliphatic rings. The van der Waals surface area contributed by atoms with Gasteiger partial charge in [0.15, 0.2) is 5.65 Å². The summed E-state index contributed by atoms with van der Waals surface area (Å²) in [6.07, 6.45) is 13.2. The van der Waals surface area contributed by atoms with E-state index in [9.17, 15) is 25.3 Å². The number of sulfonamides is 2. The van der Waals surface area contributed by atoms with E-state index in [0.29, 0.717) is 35.7 Å². The number of H-pyrrole nitrogens is 1. The molecular formula is C37H49LiN10O7S3. The summed E-state index contributed by atoms with van der Waals surface area (Å²) in [6, 6.07) is 11.1. The second-order valence-electron chi connectivity index (χ2n) is 16.2. The first kappa shape index (κ1) is 44.0. The molecule has 4 saturated carbocycles. The molecule has 0 saturated heterocycles. The molecule has 9 rings (SSSR count). The molecule has 4 N–H and O–H groups in total. The SMILES string of the molecule is CNS(=O)(=O)C1CC2(CC(N(C)c3ncnc4[nH]ccc34)C2)C1.CNS(=O)(=O)C1CC2(CC(N(C)c3ncnc4c3ccn4S(=O)(=O)c3ccc(C)cc3)C2)C1.[Li+].[OH-]. The van der Waals surface area contributed by atoms with Gasteiger partial charge in [-0.15, -0.1) is 0 Å². The quantitative estimate of drug-likeness (QED) is 0.161. The van der Waals surface area contributed by atoms with Gasteiger partial charge in [-0.05, 0) is 107 Å². The molecule has 0 bridgehead atoms. The molecule has 17 nitrogen and oxygen atoms in total. The molecule has 5 aromatic rings. The molecule has 4 aliphatic carbocycles. The van der Waals surface area contributed by atoms with Crippen LogP contribution in [0.1, 0.15) is 56.9 Å². The van der Waals surface area contributed by atoms with Gasteiger partial charge in [-0.3, -0.25) is 0 Å². The average Bonchev–Trinajstić information content (AvgIpc) is 3.77. The molecule has 308 valence electrons. The largest absolute Gasteiger partial charge is 1.00 e. The molecule has 0 radical (unpaired) electrons. The van der Waals surface area contributed by atoms with E-state index in [0.717, 1.165) is 60.9 Å². The predicted molar refractivity (Wildman–Crippen MR) is 217 cm³/mol. The van der Waals surface area contributed by atoms with E-state index < -0.39 is 30.1 Å². The van der Waals surface area contributed by atoms with Crippen molar-refractivity contribution in [3.8, 4) is 0 Å². The Bertz CT molecular complexity index is 2610. The Balaban J connectivity index is 0.000000200. The van der Waals surface area contributed by atoms with Crippen LogP contribution in [0.2, 0.25) is 0 Å². The molecular weight excluding hydrogens is 800 g/mol. The van der Waals surface area contributed by atoms with E-state index in [1.807, 2.05) is 26.2 Å². The third kappa shape index (κ3) is 7.55. The molecule has 0 amide bonds. The fraction of sp³-hybridized carbons (Fsp3) is 0.514. The van der Waals surface area contributed by atoms with Crippen molar-refractivity contribution < 1.29 is 49.6 Å². The zero-order valence-electron chi connectivity index (χ0n) is 33.5. The zero-order valence-corrected chi connectivity index (χ0v) is 35.9. The molecule has 4 heterocycles. The number of anilines is 2. The van der Waals surface area contributed by atoms with Crippen LogP contribution in [-0.2, 0) is 30.1 Å². The van der Waals surface area contributed by atoms with Gasteiger partial charge in [-0.1, -0.05) is 17.7 Å². The maximum absolute atomic E-state index is 13.2. The first-order valence-electron chi connectivity index (χ1n) is 18.7. The molecule has 0 aliphatic heterocycles. The van der Waals surface area contributed by atoms with Crippen molar-refractivity contribution in [2.45, 2.75) is 85.8 Å². The number of nitrogens with zero attached hydrogens (tertiary/aromatic N) is 7. The second-order valence-corrected chi connectivity index (χ2v) is 22.4. The Morgan fingerprint density at radius 2 is 1.17 bits per heavy atom. The number of rotatable bonds is 10. The van der Waals surface area contributed by atoms with Gasteiger partial charge in [0, 0.05) is 38.6 Å². The number of aromatic nitrogens is 6. The van der Waals surface area contributed by atoms with E-state index in [1.54, 1.807) is 36.7 Å². The number of aromatic amines is 1. The molecule has 21 heteroatoms. The van der Waals surface area contributed by atoms with Gasteiger partial charge >= 0.3 is 18.9 Å². The van der Waals surface area contributed by atoms with Crippen molar-refractivity contribution >= 4 is 63.8 Å². The topological polar surface area (TPSA) is 235 Å². The van der Waals surface area contributed by atoms with Crippen molar-refractivity contribution in [1.29, 1.82) is 0 Å². The van der Waals surface area contributed by atoms with E-state index >= 15 is 0 Å². The van der Waals surface area contributed by atoms with Crippen molar-refractivity contribution in [3.63, 3.8) is 0 Å². The Labute approximate surface area is 351 Å². The Morgan fingerprint density at radius 1 is 0.690 bits per heavy atom. The average molecular weight is 849 g/mol. The van der Waals surface area contributed by atoms with Gasteiger partial charge in [-0.25, -0.2) is 58.6 Å². The fourth-order valence-electron chi connectivity index (χ4n) is 9.38. The van der Waals surface area contributed by atoms with E-state index in [4.69, 9.17) is 0 Å². The van der Waals surface area contributed by atoms with Crippen molar-refractivity contribution in [2.75, 3.05) is 38.0 Å². The Morgan fingerprint density at radius 3 is 1.67 bits per heavy atom. The van der Waals surface area contributed by atoms with Gasteiger partial charge in [0.1, 0.15) is 29.9 Å². The van der Waals surface area contributed by atoms with E-state index in [1.165, 1.54) is 30.6 Å². The maximum Gasteiger partial charge on any atom is 1.00 e. The number of nitrogens with one attached hydrogen (secondary N) is 3. The molecule has 4 fully saturated rings. The summed E-state index contributed by atoms with van der Waals surface area (Å²) in [5, 5.41) is 1.18. The van der Waals surface area contributed by atoms with Crippen LogP contribution in [0.25, 0.3) is 22.1 Å². The first-order valence-corrected chi connectivity index (χ1v) is 23.3. The Kier molecular flexibility index (Phi) is 12.0. The molecule has 1 aromatic carbocycles. The van der Waals surface area contributed by atoms with E-state index in [-0.39, 0.29) is 56.6 Å². The molecule has 58 heavy (non-hydrogen) atoms. The van der Waals surface area contributed by atoms with Crippen LogP contribution in [0.4, 0.5) is 11.6 Å². The van der Waals surface area contributed by atoms with Crippen LogP contribution in [0.3, 0.4) is 0 Å². The second kappa shape index (κ2) is 15.8. The van der Waals surface area contributed by atoms with Crippen molar-refractivity contribution in [2.24, 2.45) is 10.8 Å². The number of hydrogen-bond acceptors (Lipinski definition) is 13. The van der Waals surface area contributed by atoms with E-state index in [2.05, 4.69) is 51.2 Å². The van der Waals surface area contributed by atoms with Gasteiger partial charge in [0.05, 0.1) is 26.2 Å². The van der Waals surface area contributed by atoms with Crippen LogP contribution in [0.5, 0.6) is 0 Å². The standard InChI is InChI=1S/C22H27N5O4S2.C15H21N5O2S.Li.H2O/c1-15-4-6-17(7-5-15)33(30,31)27-9-8-19-20(24-14-25-21(19)27)26(3)16-10-22(11-16)12-18(13-22)32(28,29)23-2;1-16-23(21,22)11-7-15(8-11)5-10(6-15)20(2)14-12-3-4-17-13(12)18-9-19-14;;/h4-9,14,16,18,23H,10-13H2,1-3H3;3-4,9-11,16H,5-8H2,1-2H3,(H,17,18,19);;1H2/q;;+1;/p-1. The number of aryl methyl sites for hydroxylation is 1. The van der Waals surface area contributed by atoms with Crippen LogP contribution < -0.4 is 38.1 Å². The third-order valence-electron chi connectivity index (χ3n) is 12.9. The summed E-state index contributed by atoms with van der Waals surface area (Å²) in [6.45, 7) is 1.91. The van der Waals surface area contributed by atoms with Crippen LogP contribution in [-0.4, -0.2) is 110 Å². The smallest absolute Gasteiger partial charge is 0.870 e. The predicted octanol–water partition coefficient (Wildman–Crippen LogP) is 0.355. The first-order chi connectivity index (χ1) is 26.5. The summed E-state index contributed by atoms with van der Waals surface area (Å²) in [5.74, 6) is 1.62. The molecule has 0 atom stereocenters. The fourth-order valence-corrected chi connectivity index (χ4v) is 13.6. The Hall–Kier alpha value is -3.61. The van der Waals surface area contributed by atoms with Gasteiger partial charge in [0.25, 0.3) is 10.0 Å². The molecule has 4 aromatic heterocycles. The summed E-state index contributed by atoms with van der Waals surface area (Å²) in [7, 11) is -3.13. The summed E-state index contributed by atoms with van der Waals surface area (Å²) in [4.78, 5) is 25.0. The van der Waals surface area contributed by atoms with Crippen LogP contribution >= 0.6 is 0 Å². The minimum absolute atomic E-state index is 0.